The van der Waals surface area contributed by atoms with Gasteiger partial charge in [-0.3, -0.25) is 9.59 Å². The zero-order chi connectivity index (χ0) is 23.5. The summed E-state index contributed by atoms with van der Waals surface area (Å²) < 4.78 is 0. The Balaban J connectivity index is 1.72. The van der Waals surface area contributed by atoms with Crippen molar-refractivity contribution < 1.29 is 9.59 Å². The second kappa shape index (κ2) is 9.90. The number of piperidine rings is 1. The summed E-state index contributed by atoms with van der Waals surface area (Å²) in [6.45, 7) is 9.27. The van der Waals surface area contributed by atoms with Crippen molar-refractivity contribution in [2.75, 3.05) is 19.6 Å². The van der Waals surface area contributed by atoms with Gasteiger partial charge in [-0.2, -0.15) is 0 Å². The Labute approximate surface area is 196 Å². The number of nitroso groups, excluding NO2 is 1. The SMILES string of the molecule is CC(C)C(CNC(=O)C1CCCC1)C(=O)N1CCC(N=O)(c2ccc(Cl)cc2)C(C)(C)C1. The summed E-state index contributed by atoms with van der Waals surface area (Å²) in [6, 6.07) is 7.27. The Bertz CT molecular complexity index is 833. The minimum absolute atomic E-state index is 0.0374. The lowest BCUT2D eigenvalue weighted by molar-refractivity contribution is -0.142. The Morgan fingerprint density at radius 3 is 2.34 bits per heavy atom. The topological polar surface area (TPSA) is 78.8 Å². The van der Waals surface area contributed by atoms with Crippen LogP contribution in [0, 0.1) is 28.1 Å². The molecule has 2 fully saturated rings. The first-order valence-corrected chi connectivity index (χ1v) is 12.2. The molecule has 7 heteroatoms. The number of carbonyl (C=O) groups excluding carboxylic acids is 2. The van der Waals surface area contributed by atoms with Gasteiger partial charge in [-0.25, -0.2) is 0 Å². The van der Waals surface area contributed by atoms with Crippen molar-refractivity contribution in [3.05, 3.63) is 39.8 Å². The van der Waals surface area contributed by atoms with E-state index in [0.29, 0.717) is 31.1 Å². The van der Waals surface area contributed by atoms with Crippen molar-refractivity contribution in [2.45, 2.75) is 65.3 Å². The Hall–Kier alpha value is -1.95. The summed E-state index contributed by atoms with van der Waals surface area (Å²) in [5, 5.41) is 7.27. The summed E-state index contributed by atoms with van der Waals surface area (Å²) in [4.78, 5) is 40.0. The van der Waals surface area contributed by atoms with E-state index in [4.69, 9.17) is 11.6 Å². The molecule has 2 amide bonds. The van der Waals surface area contributed by atoms with Crippen LogP contribution >= 0.6 is 11.6 Å². The van der Waals surface area contributed by atoms with Crippen LogP contribution in [0.2, 0.25) is 5.02 Å². The number of halogens is 1. The van der Waals surface area contributed by atoms with E-state index < -0.39 is 11.0 Å². The van der Waals surface area contributed by atoms with Gasteiger partial charge >= 0.3 is 0 Å². The number of nitrogens with zero attached hydrogens (tertiary/aromatic N) is 2. The van der Waals surface area contributed by atoms with Gasteiger partial charge in [0.15, 0.2) is 0 Å². The van der Waals surface area contributed by atoms with E-state index in [1.807, 2.05) is 44.7 Å². The Morgan fingerprint density at radius 1 is 1.19 bits per heavy atom. The molecular formula is C25H36ClN3O3. The first-order valence-electron chi connectivity index (χ1n) is 11.8. The van der Waals surface area contributed by atoms with E-state index in [-0.39, 0.29) is 29.6 Å². The van der Waals surface area contributed by atoms with E-state index in [9.17, 15) is 14.5 Å². The van der Waals surface area contributed by atoms with Crippen molar-refractivity contribution >= 4 is 23.4 Å². The predicted molar refractivity (Wildman–Crippen MR) is 127 cm³/mol. The fourth-order valence-electron chi connectivity index (χ4n) is 5.38. The first kappa shape index (κ1) is 24.7. The quantitative estimate of drug-likeness (QED) is 0.571. The van der Waals surface area contributed by atoms with Crippen LogP contribution in [-0.4, -0.2) is 36.3 Å². The average Bonchev–Trinajstić information content (AvgIpc) is 3.29. The van der Waals surface area contributed by atoms with Crippen molar-refractivity contribution in [2.24, 2.45) is 28.3 Å². The molecule has 1 saturated heterocycles. The third-order valence-electron chi connectivity index (χ3n) is 7.58. The highest BCUT2D eigenvalue weighted by molar-refractivity contribution is 6.30. The molecule has 1 aliphatic carbocycles. The third-order valence-corrected chi connectivity index (χ3v) is 7.83. The molecule has 2 atom stereocenters. The minimum atomic E-state index is -0.918. The molecule has 3 rings (SSSR count). The molecule has 1 N–H and O–H groups in total. The van der Waals surface area contributed by atoms with Gasteiger partial charge in [-0.05, 0) is 42.9 Å². The number of hydrogen-bond donors (Lipinski definition) is 1. The molecule has 2 unspecified atom stereocenters. The molecule has 0 bridgehead atoms. The van der Waals surface area contributed by atoms with E-state index in [0.717, 1.165) is 31.2 Å². The van der Waals surface area contributed by atoms with Crippen LogP contribution in [0.25, 0.3) is 0 Å². The van der Waals surface area contributed by atoms with Crippen LogP contribution in [0.1, 0.15) is 65.4 Å². The van der Waals surface area contributed by atoms with Gasteiger partial charge in [0.2, 0.25) is 11.8 Å². The Kier molecular flexibility index (Phi) is 7.64. The van der Waals surface area contributed by atoms with Crippen molar-refractivity contribution in [1.29, 1.82) is 0 Å². The molecule has 32 heavy (non-hydrogen) atoms. The van der Waals surface area contributed by atoms with Crippen molar-refractivity contribution in [1.82, 2.24) is 10.2 Å². The lowest BCUT2D eigenvalue weighted by Crippen LogP contribution is -2.57. The molecule has 2 aliphatic rings. The van der Waals surface area contributed by atoms with Crippen molar-refractivity contribution in [3.63, 3.8) is 0 Å². The number of rotatable bonds is 7. The predicted octanol–water partition coefficient (Wildman–Crippen LogP) is 5.14. The normalized spacial score (nSPS) is 24.4. The van der Waals surface area contributed by atoms with Crippen LogP contribution < -0.4 is 5.32 Å². The van der Waals surface area contributed by atoms with E-state index in [1.54, 1.807) is 12.1 Å². The molecule has 0 radical (unpaired) electrons. The average molecular weight is 462 g/mol. The first-order chi connectivity index (χ1) is 15.1. The highest BCUT2D eigenvalue weighted by atomic mass is 35.5. The lowest BCUT2D eigenvalue weighted by atomic mass is 9.64. The summed E-state index contributed by atoms with van der Waals surface area (Å²) in [6.07, 6.45) is 4.55. The smallest absolute Gasteiger partial charge is 0.227 e. The van der Waals surface area contributed by atoms with Gasteiger partial charge in [-0.15, -0.1) is 4.91 Å². The molecule has 1 aliphatic heterocycles. The zero-order valence-corrected chi connectivity index (χ0v) is 20.5. The van der Waals surface area contributed by atoms with Gasteiger partial charge in [0.25, 0.3) is 0 Å². The number of likely N-dealkylation sites (tertiary alicyclic amines) is 1. The molecular weight excluding hydrogens is 426 g/mol. The number of benzene rings is 1. The van der Waals surface area contributed by atoms with Gasteiger partial charge in [0.1, 0.15) is 5.54 Å². The summed E-state index contributed by atoms with van der Waals surface area (Å²) in [7, 11) is 0. The second-order valence-corrected chi connectivity index (χ2v) is 10.9. The minimum Gasteiger partial charge on any atom is -0.355 e. The van der Waals surface area contributed by atoms with Gasteiger partial charge in [-0.1, -0.05) is 69.4 Å². The molecule has 1 heterocycles. The number of carbonyl (C=O) groups is 2. The molecule has 0 aromatic heterocycles. The third kappa shape index (κ3) is 4.85. The van der Waals surface area contributed by atoms with Crippen LogP contribution in [-0.2, 0) is 15.1 Å². The molecule has 6 nitrogen and oxygen atoms in total. The van der Waals surface area contributed by atoms with Gasteiger partial charge in [0.05, 0.1) is 5.92 Å². The van der Waals surface area contributed by atoms with E-state index in [1.165, 1.54) is 0 Å². The fourth-order valence-corrected chi connectivity index (χ4v) is 5.50. The van der Waals surface area contributed by atoms with Gasteiger partial charge < -0.3 is 10.2 Å². The maximum absolute atomic E-state index is 13.5. The Morgan fingerprint density at radius 2 is 1.81 bits per heavy atom. The highest BCUT2D eigenvalue weighted by Crippen LogP contribution is 2.49. The highest BCUT2D eigenvalue weighted by Gasteiger charge is 2.53. The summed E-state index contributed by atoms with van der Waals surface area (Å²) in [5.74, 6) is 0.0118. The monoisotopic (exact) mass is 461 g/mol. The largest absolute Gasteiger partial charge is 0.355 e. The zero-order valence-electron chi connectivity index (χ0n) is 19.7. The maximum atomic E-state index is 13.5. The van der Waals surface area contributed by atoms with Crippen LogP contribution in [0.4, 0.5) is 0 Å². The van der Waals surface area contributed by atoms with Crippen molar-refractivity contribution in [3.8, 4) is 0 Å². The fraction of sp³-hybridized carbons (Fsp3) is 0.680. The van der Waals surface area contributed by atoms with Crippen LogP contribution in [0.3, 0.4) is 0 Å². The van der Waals surface area contributed by atoms with Gasteiger partial charge in [0, 0.05) is 36.0 Å². The standard InChI is InChI=1S/C25H36ClN3O3/c1-17(2)21(15-27-22(30)18-7-5-6-8-18)23(31)29-14-13-25(28-32,24(3,4)16-29)19-9-11-20(26)12-10-19/h9-12,17-18,21H,5-8,13-16H2,1-4H3,(H,27,30). The lowest BCUT2D eigenvalue weighted by Gasteiger charge is -2.50. The molecule has 1 saturated carbocycles. The maximum Gasteiger partial charge on any atom is 0.227 e. The summed E-state index contributed by atoms with van der Waals surface area (Å²) in [5.41, 5.74) is -0.637. The molecule has 1 aromatic rings. The molecule has 0 spiro atoms. The number of amides is 2. The van der Waals surface area contributed by atoms with E-state index in [2.05, 4.69) is 10.5 Å². The summed E-state index contributed by atoms with van der Waals surface area (Å²) >= 11 is 6.04. The molecule has 176 valence electrons. The number of nitrogens with one attached hydrogen (secondary N) is 1. The van der Waals surface area contributed by atoms with Crippen LogP contribution in [0.15, 0.2) is 29.4 Å². The van der Waals surface area contributed by atoms with Crippen LogP contribution in [0.5, 0.6) is 0 Å². The second-order valence-electron chi connectivity index (χ2n) is 10.4. The molecule has 1 aromatic carbocycles. The number of hydrogen-bond acceptors (Lipinski definition) is 4. The van der Waals surface area contributed by atoms with E-state index >= 15 is 0 Å².